The number of methoxy groups -OCH3 is 1. The molecule has 0 radical (unpaired) electrons. The van der Waals surface area contributed by atoms with Gasteiger partial charge in [0.2, 0.25) is 5.91 Å². The molecule has 8 heteroatoms. The second-order valence-corrected chi connectivity index (χ2v) is 6.61. The summed E-state index contributed by atoms with van der Waals surface area (Å²) in [6, 6.07) is 14.1. The van der Waals surface area contributed by atoms with Gasteiger partial charge in [0.05, 0.1) is 31.0 Å². The lowest BCUT2D eigenvalue weighted by atomic mass is 10.2. The number of hydrogen-bond acceptors (Lipinski definition) is 6. The van der Waals surface area contributed by atoms with E-state index in [1.54, 1.807) is 12.1 Å². The van der Waals surface area contributed by atoms with E-state index < -0.39 is 0 Å². The molecular weight excluding hydrogens is 378 g/mol. The summed E-state index contributed by atoms with van der Waals surface area (Å²) < 4.78 is 10.7. The van der Waals surface area contributed by atoms with E-state index in [2.05, 4.69) is 5.32 Å². The Labute approximate surface area is 168 Å². The monoisotopic (exact) mass is 399 g/mol. The van der Waals surface area contributed by atoms with Gasteiger partial charge in [0.25, 0.3) is 5.91 Å². The summed E-state index contributed by atoms with van der Waals surface area (Å²) in [7, 11) is 2.98. The summed E-state index contributed by atoms with van der Waals surface area (Å²) >= 11 is 1.53. The van der Waals surface area contributed by atoms with Crippen LogP contribution >= 0.6 is 11.8 Å². The highest BCUT2D eigenvalue weighted by Gasteiger charge is 2.16. The van der Waals surface area contributed by atoms with Crippen LogP contribution in [0, 0.1) is 11.3 Å². The van der Waals surface area contributed by atoms with Gasteiger partial charge in [-0.25, -0.2) is 0 Å². The largest absolute Gasteiger partial charge is 0.493 e. The topological polar surface area (TPSA) is 91.7 Å². The predicted octanol–water partition coefficient (Wildman–Crippen LogP) is 2.76. The fraction of sp³-hybridized carbons (Fsp3) is 0.250. The van der Waals surface area contributed by atoms with Crippen LogP contribution in [-0.2, 0) is 9.59 Å². The van der Waals surface area contributed by atoms with Gasteiger partial charge in [-0.2, -0.15) is 5.26 Å². The number of rotatable bonds is 8. The number of benzene rings is 2. The maximum atomic E-state index is 12.3. The maximum absolute atomic E-state index is 12.3. The van der Waals surface area contributed by atoms with E-state index in [4.69, 9.17) is 14.7 Å². The Morgan fingerprint density at radius 1 is 1.21 bits per heavy atom. The number of nitriles is 1. The summed E-state index contributed by atoms with van der Waals surface area (Å²) in [4.78, 5) is 26.7. The predicted molar refractivity (Wildman–Crippen MR) is 108 cm³/mol. The van der Waals surface area contributed by atoms with Crippen LogP contribution in [0.25, 0.3) is 0 Å². The zero-order chi connectivity index (χ0) is 20.5. The van der Waals surface area contributed by atoms with Crippen molar-refractivity contribution in [3.8, 4) is 17.6 Å². The third kappa shape index (κ3) is 5.66. The number of nitrogens with one attached hydrogen (secondary N) is 1. The molecule has 2 aromatic carbocycles. The SMILES string of the molecule is COc1cc(C#N)ccc1OCC(=O)N(C)CC(=O)Nc1ccccc1SC. The fourth-order valence-corrected chi connectivity index (χ4v) is 2.90. The minimum atomic E-state index is -0.361. The summed E-state index contributed by atoms with van der Waals surface area (Å²) in [6.45, 7) is -0.358. The van der Waals surface area contributed by atoms with E-state index in [-0.39, 0.29) is 25.0 Å². The van der Waals surface area contributed by atoms with Gasteiger partial charge in [-0.15, -0.1) is 11.8 Å². The standard InChI is InChI=1S/C20H21N3O4S/c1-23(12-19(24)22-15-6-4-5-7-18(15)28-3)20(25)13-27-16-9-8-14(11-21)10-17(16)26-2/h4-10H,12-13H2,1-3H3,(H,22,24). The average molecular weight is 399 g/mol. The molecule has 0 unspecified atom stereocenters. The molecule has 0 aromatic heterocycles. The number of nitrogens with zero attached hydrogens (tertiary/aromatic N) is 2. The molecule has 146 valence electrons. The van der Waals surface area contributed by atoms with Crippen molar-refractivity contribution in [1.82, 2.24) is 4.90 Å². The molecule has 0 atom stereocenters. The quantitative estimate of drug-likeness (QED) is 0.687. The lowest BCUT2D eigenvalue weighted by Gasteiger charge is -2.18. The van der Waals surface area contributed by atoms with E-state index in [0.717, 1.165) is 4.90 Å². The summed E-state index contributed by atoms with van der Waals surface area (Å²) in [6.07, 6.45) is 1.93. The van der Waals surface area contributed by atoms with Crippen molar-refractivity contribution in [1.29, 1.82) is 5.26 Å². The Kier molecular flexibility index (Phi) is 7.72. The second-order valence-electron chi connectivity index (χ2n) is 5.76. The molecule has 28 heavy (non-hydrogen) atoms. The number of carbonyl (C=O) groups excluding carboxylic acids is 2. The first-order valence-corrected chi connectivity index (χ1v) is 9.58. The third-order valence-corrected chi connectivity index (χ3v) is 4.63. The van der Waals surface area contributed by atoms with Crippen molar-refractivity contribution in [2.75, 3.05) is 38.9 Å². The number of carbonyl (C=O) groups is 2. The molecule has 1 N–H and O–H groups in total. The van der Waals surface area contributed by atoms with Crippen LogP contribution in [0.1, 0.15) is 5.56 Å². The number of likely N-dealkylation sites (N-methyl/N-ethyl adjacent to an activating group) is 1. The van der Waals surface area contributed by atoms with Crippen molar-refractivity contribution >= 4 is 29.3 Å². The Morgan fingerprint density at radius 2 is 1.96 bits per heavy atom. The minimum absolute atomic E-state index is 0.102. The highest BCUT2D eigenvalue weighted by atomic mass is 32.2. The Balaban J connectivity index is 1.91. The number of ether oxygens (including phenoxy) is 2. The summed E-state index contributed by atoms with van der Waals surface area (Å²) in [5.41, 5.74) is 1.13. The van der Waals surface area contributed by atoms with E-state index in [0.29, 0.717) is 22.7 Å². The highest BCUT2D eigenvalue weighted by molar-refractivity contribution is 7.98. The number of anilines is 1. The average Bonchev–Trinajstić information content (AvgIpc) is 2.71. The smallest absolute Gasteiger partial charge is 0.260 e. The van der Waals surface area contributed by atoms with Gasteiger partial charge < -0.3 is 19.7 Å². The first kappa shape index (κ1) is 21.1. The van der Waals surface area contributed by atoms with Crippen molar-refractivity contribution in [2.45, 2.75) is 4.90 Å². The van der Waals surface area contributed by atoms with Crippen LogP contribution < -0.4 is 14.8 Å². The molecule has 0 fully saturated rings. The lowest BCUT2D eigenvalue weighted by Crippen LogP contribution is -2.37. The molecule has 0 aliphatic carbocycles. The Bertz CT molecular complexity index is 895. The highest BCUT2D eigenvalue weighted by Crippen LogP contribution is 2.28. The zero-order valence-corrected chi connectivity index (χ0v) is 16.7. The van der Waals surface area contributed by atoms with E-state index in [1.165, 1.54) is 36.9 Å². The normalized spacial score (nSPS) is 9.93. The molecule has 0 aliphatic heterocycles. The lowest BCUT2D eigenvalue weighted by molar-refractivity contribution is -0.135. The van der Waals surface area contributed by atoms with E-state index >= 15 is 0 Å². The summed E-state index contributed by atoms with van der Waals surface area (Å²) in [5.74, 6) is 0.0514. The molecule has 2 amide bonds. The van der Waals surface area contributed by atoms with Gasteiger partial charge in [-0.3, -0.25) is 9.59 Å². The number of para-hydroxylation sites is 1. The van der Waals surface area contributed by atoms with Crippen LogP contribution in [0.15, 0.2) is 47.4 Å². The molecule has 7 nitrogen and oxygen atoms in total. The van der Waals surface area contributed by atoms with Crippen LogP contribution in [-0.4, -0.2) is 50.3 Å². The Morgan fingerprint density at radius 3 is 2.64 bits per heavy atom. The van der Waals surface area contributed by atoms with E-state index in [1.807, 2.05) is 36.6 Å². The molecular formula is C20H21N3O4S. The summed E-state index contributed by atoms with van der Waals surface area (Å²) in [5, 5.41) is 11.7. The van der Waals surface area contributed by atoms with Crippen molar-refractivity contribution < 1.29 is 19.1 Å². The number of thioether (sulfide) groups is 1. The molecule has 2 rings (SSSR count). The van der Waals surface area contributed by atoms with E-state index in [9.17, 15) is 9.59 Å². The zero-order valence-electron chi connectivity index (χ0n) is 15.9. The minimum Gasteiger partial charge on any atom is -0.493 e. The molecule has 2 aromatic rings. The molecule has 0 aliphatic rings. The molecule has 0 saturated heterocycles. The molecule has 0 spiro atoms. The van der Waals surface area contributed by atoms with Gasteiger partial charge in [-0.05, 0) is 30.5 Å². The van der Waals surface area contributed by atoms with Gasteiger partial charge in [0, 0.05) is 18.0 Å². The third-order valence-electron chi connectivity index (χ3n) is 3.83. The number of amides is 2. The molecule has 0 saturated carbocycles. The van der Waals surface area contributed by atoms with Crippen molar-refractivity contribution in [2.24, 2.45) is 0 Å². The Hall–Kier alpha value is -3.18. The van der Waals surface area contributed by atoms with Crippen molar-refractivity contribution in [3.05, 3.63) is 48.0 Å². The fourth-order valence-electron chi connectivity index (χ4n) is 2.35. The van der Waals surface area contributed by atoms with Crippen molar-refractivity contribution in [3.63, 3.8) is 0 Å². The van der Waals surface area contributed by atoms with Gasteiger partial charge in [-0.1, -0.05) is 12.1 Å². The van der Waals surface area contributed by atoms with Crippen LogP contribution in [0.2, 0.25) is 0 Å². The van der Waals surface area contributed by atoms with Gasteiger partial charge in [0.1, 0.15) is 0 Å². The second kappa shape index (κ2) is 10.2. The van der Waals surface area contributed by atoms with Crippen LogP contribution in [0.5, 0.6) is 11.5 Å². The maximum Gasteiger partial charge on any atom is 0.260 e. The van der Waals surface area contributed by atoms with Gasteiger partial charge >= 0.3 is 0 Å². The molecule has 0 heterocycles. The van der Waals surface area contributed by atoms with Crippen LogP contribution in [0.4, 0.5) is 5.69 Å². The number of hydrogen-bond donors (Lipinski definition) is 1. The first-order valence-electron chi connectivity index (χ1n) is 8.36. The molecule has 0 bridgehead atoms. The first-order chi connectivity index (χ1) is 13.5. The van der Waals surface area contributed by atoms with Crippen LogP contribution in [0.3, 0.4) is 0 Å². The van der Waals surface area contributed by atoms with Gasteiger partial charge in [0.15, 0.2) is 18.1 Å².